The summed E-state index contributed by atoms with van der Waals surface area (Å²) in [4.78, 5) is 16.7. The minimum Gasteiger partial charge on any atom is -0.379 e. The molecule has 0 atom stereocenters. The predicted octanol–water partition coefficient (Wildman–Crippen LogP) is 2.32. The number of carbonyl (C=O) groups is 1. The summed E-state index contributed by atoms with van der Waals surface area (Å²) in [5.41, 5.74) is 0.938. The lowest BCUT2D eigenvalue weighted by molar-refractivity contribution is 0.0730. The molecule has 0 saturated carbocycles. The number of halogens is 1. The molecule has 1 aliphatic heterocycles. The number of hydrogen-bond acceptors (Lipinski definition) is 5. The van der Waals surface area contributed by atoms with E-state index in [1.54, 1.807) is 25.1 Å². The van der Waals surface area contributed by atoms with Crippen molar-refractivity contribution in [3.05, 3.63) is 52.7 Å². The highest BCUT2D eigenvalue weighted by Crippen LogP contribution is 2.21. The second-order valence-electron chi connectivity index (χ2n) is 5.81. The number of anilines is 1. The van der Waals surface area contributed by atoms with Crippen LogP contribution in [0.4, 0.5) is 5.82 Å². The molecular formula is C17H18ClN3O4S. The van der Waals surface area contributed by atoms with E-state index in [0.717, 1.165) is 0 Å². The van der Waals surface area contributed by atoms with Gasteiger partial charge in [0.2, 0.25) is 10.0 Å². The number of benzene rings is 1. The summed E-state index contributed by atoms with van der Waals surface area (Å²) < 4.78 is 32.1. The molecule has 2 heterocycles. The van der Waals surface area contributed by atoms with E-state index in [2.05, 4.69) is 10.3 Å². The molecule has 0 spiro atoms. The third kappa shape index (κ3) is 4.04. The van der Waals surface area contributed by atoms with Gasteiger partial charge in [0.15, 0.2) is 0 Å². The van der Waals surface area contributed by atoms with Crippen LogP contribution in [0, 0.1) is 6.92 Å². The van der Waals surface area contributed by atoms with Gasteiger partial charge in [-0.1, -0.05) is 17.7 Å². The van der Waals surface area contributed by atoms with Gasteiger partial charge in [0, 0.05) is 24.8 Å². The summed E-state index contributed by atoms with van der Waals surface area (Å²) in [5.74, 6) is -0.100. The molecule has 3 rings (SSSR count). The summed E-state index contributed by atoms with van der Waals surface area (Å²) in [5, 5.41) is 3.10. The Balaban J connectivity index is 1.87. The maximum Gasteiger partial charge on any atom is 0.257 e. The van der Waals surface area contributed by atoms with E-state index < -0.39 is 15.9 Å². The van der Waals surface area contributed by atoms with Crippen LogP contribution in [-0.4, -0.2) is 49.9 Å². The molecule has 26 heavy (non-hydrogen) atoms. The van der Waals surface area contributed by atoms with Gasteiger partial charge in [-0.25, -0.2) is 13.4 Å². The van der Waals surface area contributed by atoms with E-state index in [-0.39, 0.29) is 10.5 Å². The number of nitrogens with zero attached hydrogens (tertiary/aromatic N) is 2. The molecule has 138 valence electrons. The second kappa shape index (κ2) is 7.71. The van der Waals surface area contributed by atoms with E-state index in [1.807, 2.05) is 0 Å². The fraction of sp³-hybridized carbons (Fsp3) is 0.294. The van der Waals surface area contributed by atoms with Crippen molar-refractivity contribution in [3.8, 4) is 0 Å². The molecule has 0 radical (unpaired) electrons. The molecule has 1 N–H and O–H groups in total. The monoisotopic (exact) mass is 395 g/mol. The number of sulfonamides is 1. The number of aromatic nitrogens is 1. The molecule has 1 aliphatic rings. The van der Waals surface area contributed by atoms with Gasteiger partial charge >= 0.3 is 0 Å². The molecule has 1 aromatic carbocycles. The molecule has 0 aliphatic carbocycles. The van der Waals surface area contributed by atoms with Crippen molar-refractivity contribution in [2.24, 2.45) is 0 Å². The van der Waals surface area contributed by atoms with Gasteiger partial charge in [0.05, 0.1) is 23.1 Å². The number of aryl methyl sites for hydroxylation is 1. The lowest BCUT2D eigenvalue weighted by Crippen LogP contribution is -2.40. The van der Waals surface area contributed by atoms with Crippen LogP contribution in [0.15, 0.2) is 41.4 Å². The normalized spacial score (nSPS) is 15.6. The highest BCUT2D eigenvalue weighted by molar-refractivity contribution is 7.89. The number of carbonyl (C=O) groups excluding carboxylic acids is 1. The number of ether oxygens (including phenoxy) is 1. The van der Waals surface area contributed by atoms with Gasteiger partial charge in [-0.3, -0.25) is 4.79 Å². The van der Waals surface area contributed by atoms with Gasteiger partial charge in [-0.15, -0.1) is 0 Å². The van der Waals surface area contributed by atoms with Gasteiger partial charge in [0.1, 0.15) is 5.82 Å². The largest absolute Gasteiger partial charge is 0.379 e. The van der Waals surface area contributed by atoms with Gasteiger partial charge in [-0.05, 0) is 36.8 Å². The number of amides is 1. The second-order valence-corrected chi connectivity index (χ2v) is 8.18. The van der Waals surface area contributed by atoms with Gasteiger partial charge in [-0.2, -0.15) is 4.31 Å². The Hall–Kier alpha value is -2.00. The van der Waals surface area contributed by atoms with Crippen molar-refractivity contribution in [2.45, 2.75) is 11.8 Å². The molecule has 2 aromatic rings. The minimum atomic E-state index is -3.67. The minimum absolute atomic E-state index is 0.0826. The summed E-state index contributed by atoms with van der Waals surface area (Å²) >= 11 is 5.78. The summed E-state index contributed by atoms with van der Waals surface area (Å²) in [6.45, 7) is 3.07. The van der Waals surface area contributed by atoms with Crippen LogP contribution in [0.25, 0.3) is 0 Å². The Bertz CT molecular complexity index is 910. The molecule has 1 saturated heterocycles. The molecule has 0 unspecified atom stereocenters. The van der Waals surface area contributed by atoms with Crippen molar-refractivity contribution in [3.63, 3.8) is 0 Å². The van der Waals surface area contributed by atoms with E-state index in [4.69, 9.17) is 16.3 Å². The van der Waals surface area contributed by atoms with Crippen molar-refractivity contribution < 1.29 is 17.9 Å². The van der Waals surface area contributed by atoms with Crippen LogP contribution in [0.2, 0.25) is 5.02 Å². The average Bonchev–Trinajstić information content (AvgIpc) is 2.64. The molecular weight excluding hydrogens is 378 g/mol. The zero-order valence-electron chi connectivity index (χ0n) is 14.1. The first-order valence-corrected chi connectivity index (χ1v) is 9.81. The average molecular weight is 396 g/mol. The van der Waals surface area contributed by atoms with E-state index in [1.165, 1.54) is 22.6 Å². The zero-order valence-corrected chi connectivity index (χ0v) is 15.7. The van der Waals surface area contributed by atoms with Gasteiger partial charge in [0.25, 0.3) is 5.91 Å². The first-order chi connectivity index (χ1) is 12.4. The predicted molar refractivity (Wildman–Crippen MR) is 98.0 cm³/mol. The standard InChI is InChI=1S/C17H18ClN3O4S/c1-12-2-4-14(26(23,24)21-6-8-25-9-7-21)10-15(12)17(22)20-16-5-3-13(18)11-19-16/h2-5,10-11H,6-9H2,1H3,(H,19,20,22). The van der Waals surface area contributed by atoms with Crippen molar-refractivity contribution in [1.82, 2.24) is 9.29 Å². The lowest BCUT2D eigenvalue weighted by atomic mass is 10.1. The van der Waals surface area contributed by atoms with Crippen LogP contribution in [0.5, 0.6) is 0 Å². The third-order valence-electron chi connectivity index (χ3n) is 4.03. The first-order valence-electron chi connectivity index (χ1n) is 7.99. The molecule has 1 amide bonds. The van der Waals surface area contributed by atoms with Crippen molar-refractivity contribution in [1.29, 1.82) is 0 Å². The number of hydrogen-bond donors (Lipinski definition) is 1. The topological polar surface area (TPSA) is 88.6 Å². The molecule has 9 heteroatoms. The van der Waals surface area contributed by atoms with E-state index in [9.17, 15) is 13.2 Å². The molecule has 7 nitrogen and oxygen atoms in total. The Morgan fingerprint density at radius 1 is 1.23 bits per heavy atom. The Morgan fingerprint density at radius 2 is 1.96 bits per heavy atom. The quantitative estimate of drug-likeness (QED) is 0.858. The summed E-state index contributed by atoms with van der Waals surface area (Å²) in [6, 6.07) is 7.71. The summed E-state index contributed by atoms with van der Waals surface area (Å²) in [7, 11) is -3.67. The fourth-order valence-electron chi connectivity index (χ4n) is 2.58. The van der Waals surface area contributed by atoms with E-state index >= 15 is 0 Å². The smallest absolute Gasteiger partial charge is 0.257 e. The van der Waals surface area contributed by atoms with Crippen LogP contribution in [0.1, 0.15) is 15.9 Å². The maximum absolute atomic E-state index is 12.8. The Labute approximate surface area is 157 Å². The van der Waals surface area contributed by atoms with Crippen molar-refractivity contribution >= 4 is 33.3 Å². The van der Waals surface area contributed by atoms with Crippen LogP contribution in [-0.2, 0) is 14.8 Å². The van der Waals surface area contributed by atoms with Crippen LogP contribution < -0.4 is 5.32 Å². The molecule has 1 aromatic heterocycles. The SMILES string of the molecule is Cc1ccc(S(=O)(=O)N2CCOCC2)cc1C(=O)Nc1ccc(Cl)cn1. The van der Waals surface area contributed by atoms with Crippen LogP contribution >= 0.6 is 11.6 Å². The van der Waals surface area contributed by atoms with Crippen LogP contribution in [0.3, 0.4) is 0 Å². The lowest BCUT2D eigenvalue weighted by Gasteiger charge is -2.26. The fourth-order valence-corrected chi connectivity index (χ4v) is 4.12. The first kappa shape index (κ1) is 18.8. The number of rotatable bonds is 4. The molecule has 1 fully saturated rings. The highest BCUT2D eigenvalue weighted by Gasteiger charge is 2.27. The Kier molecular flexibility index (Phi) is 5.57. The number of nitrogens with one attached hydrogen (secondary N) is 1. The molecule has 0 bridgehead atoms. The zero-order chi connectivity index (χ0) is 18.7. The van der Waals surface area contributed by atoms with Gasteiger partial charge < -0.3 is 10.1 Å². The van der Waals surface area contributed by atoms with E-state index in [0.29, 0.717) is 42.7 Å². The highest BCUT2D eigenvalue weighted by atomic mass is 35.5. The number of morpholine rings is 1. The number of pyridine rings is 1. The third-order valence-corrected chi connectivity index (χ3v) is 6.15. The van der Waals surface area contributed by atoms with Crippen molar-refractivity contribution in [2.75, 3.05) is 31.6 Å². The Morgan fingerprint density at radius 3 is 2.62 bits per heavy atom. The summed E-state index contributed by atoms with van der Waals surface area (Å²) in [6.07, 6.45) is 1.42. The maximum atomic E-state index is 12.8.